The number of imidazole rings is 1. The molecule has 1 aliphatic carbocycles. The van der Waals surface area contributed by atoms with Crippen molar-refractivity contribution < 1.29 is 13.6 Å². The number of benzene rings is 2. The molecule has 0 unspecified atom stereocenters. The lowest BCUT2D eigenvalue weighted by atomic mass is 10.1. The van der Waals surface area contributed by atoms with Crippen molar-refractivity contribution in [2.75, 3.05) is 0 Å². The minimum Gasteiger partial charge on any atom is -0.349 e. The summed E-state index contributed by atoms with van der Waals surface area (Å²) in [5.74, 6) is -1.39. The summed E-state index contributed by atoms with van der Waals surface area (Å²) in [6.07, 6.45) is 8.29. The Morgan fingerprint density at radius 3 is 2.56 bits per heavy atom. The van der Waals surface area contributed by atoms with E-state index in [2.05, 4.69) is 10.3 Å². The van der Waals surface area contributed by atoms with E-state index in [1.165, 1.54) is 31.3 Å². The van der Waals surface area contributed by atoms with Crippen LogP contribution in [0.3, 0.4) is 0 Å². The van der Waals surface area contributed by atoms with E-state index < -0.39 is 11.6 Å². The van der Waals surface area contributed by atoms with E-state index in [-0.39, 0.29) is 17.6 Å². The van der Waals surface area contributed by atoms with Crippen molar-refractivity contribution in [1.82, 2.24) is 14.9 Å². The van der Waals surface area contributed by atoms with Crippen LogP contribution in [0.25, 0.3) is 16.7 Å². The molecule has 1 N–H and O–H groups in total. The van der Waals surface area contributed by atoms with Gasteiger partial charge >= 0.3 is 0 Å². The van der Waals surface area contributed by atoms with Crippen molar-refractivity contribution >= 4 is 16.9 Å². The van der Waals surface area contributed by atoms with E-state index in [0.29, 0.717) is 16.6 Å². The van der Waals surface area contributed by atoms with Gasteiger partial charge in [0.05, 0.1) is 16.7 Å². The summed E-state index contributed by atoms with van der Waals surface area (Å²) in [6.45, 7) is 0. The van der Waals surface area contributed by atoms with Gasteiger partial charge in [-0.2, -0.15) is 0 Å². The molecule has 3 aromatic rings. The summed E-state index contributed by atoms with van der Waals surface area (Å²) < 4.78 is 28.8. The Labute approximate surface area is 156 Å². The first-order chi connectivity index (χ1) is 13.1. The number of halogens is 2. The SMILES string of the molecule is O=C(NC1CCCCCC1)c1ccc2c(c1)ncn2-c1ccc(F)cc1F. The number of nitrogens with zero attached hydrogens (tertiary/aromatic N) is 2. The van der Waals surface area contributed by atoms with Gasteiger partial charge in [-0.3, -0.25) is 9.36 Å². The second kappa shape index (κ2) is 7.47. The number of hydrogen-bond acceptors (Lipinski definition) is 2. The maximum absolute atomic E-state index is 14.1. The third-order valence-corrected chi connectivity index (χ3v) is 5.17. The number of carbonyl (C=O) groups is 1. The molecule has 4 nitrogen and oxygen atoms in total. The Balaban J connectivity index is 1.59. The van der Waals surface area contributed by atoms with E-state index in [4.69, 9.17) is 0 Å². The molecular weight excluding hydrogens is 348 g/mol. The fourth-order valence-corrected chi connectivity index (χ4v) is 3.71. The van der Waals surface area contributed by atoms with Gasteiger partial charge in [0.2, 0.25) is 0 Å². The van der Waals surface area contributed by atoms with Crippen molar-refractivity contribution in [3.05, 3.63) is 59.9 Å². The van der Waals surface area contributed by atoms with E-state index in [1.54, 1.807) is 22.8 Å². The Kier molecular flexibility index (Phi) is 4.88. The summed E-state index contributed by atoms with van der Waals surface area (Å²) >= 11 is 0. The Bertz CT molecular complexity index is 975. The molecule has 140 valence electrons. The van der Waals surface area contributed by atoms with Crippen molar-refractivity contribution in [3.63, 3.8) is 0 Å². The lowest BCUT2D eigenvalue weighted by molar-refractivity contribution is 0.0933. The van der Waals surface area contributed by atoms with Crippen LogP contribution in [0, 0.1) is 11.6 Å². The average molecular weight is 369 g/mol. The molecule has 4 rings (SSSR count). The van der Waals surface area contributed by atoms with Gasteiger partial charge in [0, 0.05) is 17.7 Å². The number of rotatable bonds is 3. The summed E-state index contributed by atoms with van der Waals surface area (Å²) in [5.41, 5.74) is 2.00. The molecule has 1 fully saturated rings. The first-order valence-corrected chi connectivity index (χ1v) is 9.35. The summed E-state index contributed by atoms with van der Waals surface area (Å²) in [5, 5.41) is 3.12. The zero-order valence-electron chi connectivity index (χ0n) is 14.9. The van der Waals surface area contributed by atoms with Crippen LogP contribution in [-0.4, -0.2) is 21.5 Å². The van der Waals surface area contributed by atoms with E-state index in [0.717, 1.165) is 31.7 Å². The van der Waals surface area contributed by atoms with Crippen LogP contribution in [0.2, 0.25) is 0 Å². The molecule has 0 atom stereocenters. The van der Waals surface area contributed by atoms with Crippen LogP contribution in [0.4, 0.5) is 8.78 Å². The van der Waals surface area contributed by atoms with Gasteiger partial charge in [0.25, 0.3) is 5.91 Å². The highest BCUT2D eigenvalue weighted by atomic mass is 19.1. The van der Waals surface area contributed by atoms with Crippen LogP contribution in [0.5, 0.6) is 0 Å². The van der Waals surface area contributed by atoms with E-state index in [1.807, 2.05) is 0 Å². The topological polar surface area (TPSA) is 46.9 Å². The minimum absolute atomic E-state index is 0.105. The molecule has 0 saturated heterocycles. The molecule has 1 aliphatic rings. The van der Waals surface area contributed by atoms with Crippen LogP contribution in [0.1, 0.15) is 48.9 Å². The number of fused-ring (bicyclic) bond motifs is 1. The second-order valence-corrected chi connectivity index (χ2v) is 7.08. The van der Waals surface area contributed by atoms with Gasteiger partial charge in [0.15, 0.2) is 0 Å². The first kappa shape index (κ1) is 17.6. The third-order valence-electron chi connectivity index (χ3n) is 5.17. The molecule has 0 aliphatic heterocycles. The number of aromatic nitrogens is 2. The van der Waals surface area contributed by atoms with Gasteiger partial charge in [-0.25, -0.2) is 13.8 Å². The zero-order chi connectivity index (χ0) is 18.8. The Hall–Kier alpha value is -2.76. The van der Waals surface area contributed by atoms with Crippen LogP contribution in [0.15, 0.2) is 42.7 Å². The number of hydrogen-bond donors (Lipinski definition) is 1. The fourth-order valence-electron chi connectivity index (χ4n) is 3.71. The Morgan fingerprint density at radius 1 is 1.04 bits per heavy atom. The fraction of sp³-hybridized carbons (Fsp3) is 0.333. The maximum Gasteiger partial charge on any atom is 0.251 e. The lowest BCUT2D eigenvalue weighted by Crippen LogP contribution is -2.34. The molecule has 0 bridgehead atoms. The number of nitrogens with one attached hydrogen (secondary N) is 1. The molecule has 0 spiro atoms. The predicted octanol–water partition coefficient (Wildman–Crippen LogP) is 4.76. The molecule has 1 heterocycles. The van der Waals surface area contributed by atoms with Crippen LogP contribution in [-0.2, 0) is 0 Å². The van der Waals surface area contributed by atoms with Gasteiger partial charge in [-0.05, 0) is 43.2 Å². The summed E-state index contributed by atoms with van der Waals surface area (Å²) in [4.78, 5) is 16.9. The molecule has 1 aromatic heterocycles. The van der Waals surface area contributed by atoms with Gasteiger partial charge < -0.3 is 5.32 Å². The van der Waals surface area contributed by atoms with Crippen molar-refractivity contribution in [1.29, 1.82) is 0 Å². The first-order valence-electron chi connectivity index (χ1n) is 9.35. The third kappa shape index (κ3) is 3.70. The Morgan fingerprint density at radius 2 is 1.81 bits per heavy atom. The molecule has 0 radical (unpaired) electrons. The molecule has 1 saturated carbocycles. The highest BCUT2D eigenvalue weighted by Gasteiger charge is 2.17. The molecule has 6 heteroatoms. The summed E-state index contributed by atoms with van der Waals surface area (Å²) in [7, 11) is 0. The standard InChI is InChI=1S/C21H21F2N3O/c22-15-8-10-19(17(23)12-15)26-13-24-18-11-14(7-9-20(18)26)21(27)25-16-5-3-1-2-4-6-16/h7-13,16H,1-6H2,(H,25,27). The molecule has 1 amide bonds. The van der Waals surface area contributed by atoms with Gasteiger partial charge in [-0.15, -0.1) is 0 Å². The monoisotopic (exact) mass is 369 g/mol. The molecule has 2 aromatic carbocycles. The van der Waals surface area contributed by atoms with Crippen LogP contribution >= 0.6 is 0 Å². The minimum atomic E-state index is -0.663. The summed E-state index contributed by atoms with van der Waals surface area (Å²) in [6, 6.07) is 8.81. The van der Waals surface area contributed by atoms with Crippen molar-refractivity contribution in [3.8, 4) is 5.69 Å². The predicted molar refractivity (Wildman–Crippen MR) is 99.9 cm³/mol. The van der Waals surface area contributed by atoms with Gasteiger partial charge in [0.1, 0.15) is 18.0 Å². The highest BCUT2D eigenvalue weighted by Crippen LogP contribution is 2.23. The molecule has 27 heavy (non-hydrogen) atoms. The quantitative estimate of drug-likeness (QED) is 0.677. The van der Waals surface area contributed by atoms with Crippen LogP contribution < -0.4 is 5.32 Å². The number of amides is 1. The highest BCUT2D eigenvalue weighted by molar-refractivity contribution is 5.97. The van der Waals surface area contributed by atoms with Crippen molar-refractivity contribution in [2.24, 2.45) is 0 Å². The van der Waals surface area contributed by atoms with E-state index in [9.17, 15) is 13.6 Å². The van der Waals surface area contributed by atoms with E-state index >= 15 is 0 Å². The maximum atomic E-state index is 14.1. The normalized spacial score (nSPS) is 15.6. The largest absolute Gasteiger partial charge is 0.349 e. The second-order valence-electron chi connectivity index (χ2n) is 7.08. The zero-order valence-corrected chi connectivity index (χ0v) is 14.9. The van der Waals surface area contributed by atoms with Gasteiger partial charge in [-0.1, -0.05) is 25.7 Å². The van der Waals surface area contributed by atoms with Crippen molar-refractivity contribution in [2.45, 2.75) is 44.6 Å². The smallest absolute Gasteiger partial charge is 0.251 e. The molecular formula is C21H21F2N3O. The number of carbonyl (C=O) groups excluding carboxylic acids is 1. The average Bonchev–Trinajstić information content (AvgIpc) is 2.89. The lowest BCUT2D eigenvalue weighted by Gasteiger charge is -2.16.